The lowest BCUT2D eigenvalue weighted by Gasteiger charge is -2.28. The van der Waals surface area contributed by atoms with E-state index in [1.165, 1.54) is 19.1 Å². The highest BCUT2D eigenvalue weighted by atomic mass is 16.5. The molecule has 0 saturated carbocycles. The number of rotatable bonds is 7. The van der Waals surface area contributed by atoms with Gasteiger partial charge in [-0.05, 0) is 43.2 Å². The molecular weight excluding hydrogens is 426 g/mol. The van der Waals surface area contributed by atoms with E-state index < -0.39 is 17.7 Å². The maximum Gasteiger partial charge on any atom is 0.295 e. The van der Waals surface area contributed by atoms with Crippen molar-refractivity contribution >= 4 is 17.4 Å². The Morgan fingerprint density at radius 2 is 1.82 bits per heavy atom. The summed E-state index contributed by atoms with van der Waals surface area (Å²) in [6.07, 6.45) is 1.51. The van der Waals surface area contributed by atoms with Gasteiger partial charge in [-0.15, -0.1) is 0 Å². The molecule has 174 valence electrons. The van der Waals surface area contributed by atoms with Gasteiger partial charge >= 0.3 is 0 Å². The number of benzene rings is 2. The molecule has 33 heavy (non-hydrogen) atoms. The number of carbonyl (C=O) groups excluding carboxylic acids is 2. The van der Waals surface area contributed by atoms with Crippen molar-refractivity contribution in [3.05, 3.63) is 59.2 Å². The van der Waals surface area contributed by atoms with Crippen LogP contribution in [0.15, 0.2) is 48.0 Å². The summed E-state index contributed by atoms with van der Waals surface area (Å²) in [7, 11) is 4.56. The Labute approximate surface area is 192 Å². The van der Waals surface area contributed by atoms with Gasteiger partial charge in [0.1, 0.15) is 11.5 Å². The molecule has 2 aliphatic heterocycles. The van der Waals surface area contributed by atoms with E-state index in [1.54, 1.807) is 49.6 Å². The molecule has 8 heteroatoms. The third-order valence-corrected chi connectivity index (χ3v) is 6.06. The average Bonchev–Trinajstić information content (AvgIpc) is 3.45. The van der Waals surface area contributed by atoms with Crippen LogP contribution in [0, 0.1) is 0 Å². The van der Waals surface area contributed by atoms with Crippen LogP contribution in [0.1, 0.15) is 30.0 Å². The Kier molecular flexibility index (Phi) is 6.55. The molecule has 0 spiro atoms. The first-order chi connectivity index (χ1) is 16.0. The molecule has 2 aliphatic rings. The van der Waals surface area contributed by atoms with Gasteiger partial charge in [0.05, 0.1) is 39.0 Å². The summed E-state index contributed by atoms with van der Waals surface area (Å²) in [5.74, 6) is -0.240. The molecule has 0 bridgehead atoms. The van der Waals surface area contributed by atoms with Crippen molar-refractivity contribution in [1.82, 2.24) is 4.90 Å². The van der Waals surface area contributed by atoms with Crippen molar-refractivity contribution in [3.63, 3.8) is 0 Å². The number of para-hydroxylation sites is 1. The number of hydrogen-bond donors (Lipinski definition) is 1. The minimum Gasteiger partial charge on any atom is -0.507 e. The zero-order valence-corrected chi connectivity index (χ0v) is 18.9. The fourth-order valence-electron chi connectivity index (χ4n) is 4.43. The molecule has 2 fully saturated rings. The van der Waals surface area contributed by atoms with Crippen LogP contribution < -0.4 is 14.2 Å². The van der Waals surface area contributed by atoms with Crippen LogP contribution in [0.25, 0.3) is 5.76 Å². The fourth-order valence-corrected chi connectivity index (χ4v) is 4.43. The molecule has 2 saturated heterocycles. The zero-order valence-electron chi connectivity index (χ0n) is 18.9. The van der Waals surface area contributed by atoms with Gasteiger partial charge in [0.2, 0.25) is 0 Å². The summed E-state index contributed by atoms with van der Waals surface area (Å²) in [6.45, 7) is 0.850. The largest absolute Gasteiger partial charge is 0.507 e. The number of Topliss-reactive ketones (excluding diaryl/α,β-unsaturated/α-hetero) is 1. The summed E-state index contributed by atoms with van der Waals surface area (Å²) >= 11 is 0. The number of ether oxygens (including phenoxy) is 4. The molecule has 4 rings (SSSR count). The number of ketones is 1. The fraction of sp³-hybridized carbons (Fsp3) is 0.360. The number of hydrogen-bond acceptors (Lipinski definition) is 7. The monoisotopic (exact) mass is 453 g/mol. The van der Waals surface area contributed by atoms with Gasteiger partial charge < -0.3 is 29.0 Å². The molecule has 0 radical (unpaired) electrons. The van der Waals surface area contributed by atoms with Crippen molar-refractivity contribution in [3.8, 4) is 17.2 Å². The van der Waals surface area contributed by atoms with Crippen molar-refractivity contribution in [2.45, 2.75) is 25.0 Å². The molecular formula is C25H27NO7. The Morgan fingerprint density at radius 1 is 1.06 bits per heavy atom. The third kappa shape index (κ3) is 4.14. The first kappa shape index (κ1) is 22.7. The van der Waals surface area contributed by atoms with Crippen molar-refractivity contribution in [2.24, 2.45) is 0 Å². The molecule has 2 aromatic rings. The number of aliphatic hydroxyl groups excluding tert-OH is 1. The molecule has 0 aromatic heterocycles. The van der Waals surface area contributed by atoms with E-state index in [-0.39, 0.29) is 24.0 Å². The van der Waals surface area contributed by atoms with Crippen LogP contribution in [0.2, 0.25) is 0 Å². The second-order valence-electron chi connectivity index (χ2n) is 7.90. The molecule has 8 nitrogen and oxygen atoms in total. The Balaban J connectivity index is 1.88. The van der Waals surface area contributed by atoms with E-state index in [2.05, 4.69) is 0 Å². The molecule has 0 aliphatic carbocycles. The number of carbonyl (C=O) groups is 2. The minimum absolute atomic E-state index is 0.00489. The Morgan fingerprint density at radius 3 is 2.42 bits per heavy atom. The second kappa shape index (κ2) is 9.54. The molecule has 2 aromatic carbocycles. The van der Waals surface area contributed by atoms with Gasteiger partial charge in [-0.25, -0.2) is 0 Å². The highest BCUT2D eigenvalue weighted by Crippen LogP contribution is 2.45. The maximum atomic E-state index is 13.2. The Bertz CT molecular complexity index is 1070. The maximum absolute atomic E-state index is 13.2. The third-order valence-electron chi connectivity index (χ3n) is 6.06. The molecule has 2 atom stereocenters. The standard InChI is InChI=1S/C25H27NO7/c1-30-16-11-9-15(10-12-16)22(27)20-21(18-7-4-8-19(31-2)24(18)32-3)26(25(29)23(20)28)14-17-6-5-13-33-17/h4,7-12,17,21,27H,5-6,13-14H2,1-3H3/t17-,21+/m1/s1. The van der Waals surface area contributed by atoms with E-state index in [0.29, 0.717) is 35.0 Å². The first-order valence-corrected chi connectivity index (χ1v) is 10.8. The number of methoxy groups -OCH3 is 3. The topological polar surface area (TPSA) is 94.5 Å². The van der Waals surface area contributed by atoms with Crippen molar-refractivity contribution in [2.75, 3.05) is 34.5 Å². The summed E-state index contributed by atoms with van der Waals surface area (Å²) in [4.78, 5) is 27.8. The van der Waals surface area contributed by atoms with Crippen LogP contribution in [0.4, 0.5) is 0 Å². The summed E-state index contributed by atoms with van der Waals surface area (Å²) in [5, 5.41) is 11.2. The van der Waals surface area contributed by atoms with Crippen LogP contribution in [-0.4, -0.2) is 62.3 Å². The summed E-state index contributed by atoms with van der Waals surface area (Å²) < 4.78 is 22.0. The van der Waals surface area contributed by atoms with Crippen LogP contribution in [0.5, 0.6) is 17.2 Å². The van der Waals surface area contributed by atoms with E-state index in [9.17, 15) is 14.7 Å². The van der Waals surface area contributed by atoms with Gasteiger partial charge in [0, 0.05) is 24.3 Å². The summed E-state index contributed by atoms with van der Waals surface area (Å²) in [6, 6.07) is 11.0. The minimum atomic E-state index is -0.860. The number of likely N-dealkylation sites (tertiary alicyclic amines) is 1. The van der Waals surface area contributed by atoms with Gasteiger partial charge in [-0.1, -0.05) is 12.1 Å². The Hall–Kier alpha value is -3.52. The van der Waals surface area contributed by atoms with Crippen LogP contribution >= 0.6 is 0 Å². The number of nitrogens with zero attached hydrogens (tertiary/aromatic N) is 1. The normalized spacial score (nSPS) is 22.0. The van der Waals surface area contributed by atoms with E-state index >= 15 is 0 Å². The second-order valence-corrected chi connectivity index (χ2v) is 7.90. The van der Waals surface area contributed by atoms with Crippen LogP contribution in [-0.2, 0) is 14.3 Å². The predicted molar refractivity (Wildman–Crippen MR) is 121 cm³/mol. The lowest BCUT2D eigenvalue weighted by Crippen LogP contribution is -2.36. The lowest BCUT2D eigenvalue weighted by atomic mass is 9.94. The first-order valence-electron chi connectivity index (χ1n) is 10.8. The van der Waals surface area contributed by atoms with E-state index in [0.717, 1.165) is 12.8 Å². The number of amides is 1. The SMILES string of the molecule is COc1ccc(C(O)=C2C(=O)C(=O)N(C[C@H]3CCCO3)[C@H]2c2cccc(OC)c2OC)cc1. The average molecular weight is 453 g/mol. The summed E-state index contributed by atoms with van der Waals surface area (Å²) in [5.41, 5.74) is 0.941. The van der Waals surface area contributed by atoms with Gasteiger partial charge in [0.25, 0.3) is 11.7 Å². The van der Waals surface area contributed by atoms with Crippen molar-refractivity contribution in [1.29, 1.82) is 0 Å². The lowest BCUT2D eigenvalue weighted by molar-refractivity contribution is -0.140. The molecule has 1 amide bonds. The van der Waals surface area contributed by atoms with Gasteiger partial charge in [0.15, 0.2) is 11.5 Å². The van der Waals surface area contributed by atoms with Crippen LogP contribution in [0.3, 0.4) is 0 Å². The zero-order chi connectivity index (χ0) is 23.5. The quantitative estimate of drug-likeness (QED) is 0.390. The highest BCUT2D eigenvalue weighted by molar-refractivity contribution is 6.46. The smallest absolute Gasteiger partial charge is 0.295 e. The molecule has 2 heterocycles. The van der Waals surface area contributed by atoms with E-state index in [1.807, 2.05) is 0 Å². The number of aliphatic hydroxyl groups is 1. The molecule has 1 N–H and O–H groups in total. The van der Waals surface area contributed by atoms with Gasteiger partial charge in [-0.3, -0.25) is 9.59 Å². The van der Waals surface area contributed by atoms with Gasteiger partial charge in [-0.2, -0.15) is 0 Å². The highest BCUT2D eigenvalue weighted by Gasteiger charge is 2.48. The van der Waals surface area contributed by atoms with E-state index in [4.69, 9.17) is 18.9 Å². The van der Waals surface area contributed by atoms with Crippen molar-refractivity contribution < 1.29 is 33.6 Å². The predicted octanol–water partition coefficient (Wildman–Crippen LogP) is 3.31. The molecule has 0 unspecified atom stereocenters.